The van der Waals surface area contributed by atoms with Crippen LogP contribution in [-0.2, 0) is 14.6 Å². The maximum atomic E-state index is 13.5. The maximum Gasteiger partial charge on any atom is 0.154 e. The molecule has 0 radical (unpaired) electrons. The van der Waals surface area contributed by atoms with Gasteiger partial charge in [0.05, 0.1) is 22.3 Å². The molecular weight excluding hydrogens is 313 g/mol. The summed E-state index contributed by atoms with van der Waals surface area (Å²) in [7, 11) is -1.91. The van der Waals surface area contributed by atoms with Crippen LogP contribution in [0.1, 0.15) is 18.4 Å². The number of nitrogens with two attached hydrogens (primary N) is 1. The molecule has 1 saturated carbocycles. The van der Waals surface area contributed by atoms with E-state index < -0.39 is 32.2 Å². The average Bonchev–Trinajstić information content (AvgIpc) is 3.10. The van der Waals surface area contributed by atoms with Crippen molar-refractivity contribution in [2.24, 2.45) is 11.1 Å². The molecule has 0 amide bonds. The lowest BCUT2D eigenvalue weighted by Crippen LogP contribution is -2.33. The van der Waals surface area contributed by atoms with E-state index in [1.807, 2.05) is 0 Å². The van der Waals surface area contributed by atoms with Crippen molar-refractivity contribution in [3.8, 4) is 0 Å². The third-order valence-corrected chi connectivity index (χ3v) is 6.75. The molecule has 0 saturated heterocycles. The third-order valence-electron chi connectivity index (χ3n) is 4.10. The first-order chi connectivity index (χ1) is 9.81. The lowest BCUT2D eigenvalue weighted by Gasteiger charge is -2.15. The number of hydrogen-bond donors (Lipinski definition) is 1. The summed E-state index contributed by atoms with van der Waals surface area (Å²) < 4.78 is 43.3. The molecule has 1 aliphatic carbocycles. The Kier molecular flexibility index (Phi) is 4.37. The fourth-order valence-corrected chi connectivity index (χ4v) is 5.52. The fraction of sp³-hybridized carbons (Fsp3) is 0.500. The zero-order valence-electron chi connectivity index (χ0n) is 11.9. The number of halogens is 1. The Hall–Kier alpha value is -1.05. The summed E-state index contributed by atoms with van der Waals surface area (Å²) in [5.41, 5.74) is 5.45. The van der Waals surface area contributed by atoms with E-state index in [-0.39, 0.29) is 17.3 Å². The molecule has 0 heterocycles. The van der Waals surface area contributed by atoms with Crippen molar-refractivity contribution in [1.29, 1.82) is 0 Å². The highest BCUT2D eigenvalue weighted by atomic mass is 32.2. The van der Waals surface area contributed by atoms with Gasteiger partial charge in [0.2, 0.25) is 0 Å². The Morgan fingerprint density at radius 1 is 1.52 bits per heavy atom. The van der Waals surface area contributed by atoms with Crippen LogP contribution < -0.4 is 5.73 Å². The molecule has 0 aromatic heterocycles. The molecule has 3 atom stereocenters. The topological polar surface area (TPSA) is 69.4 Å². The first-order valence-corrected chi connectivity index (χ1v) is 8.69. The van der Waals surface area contributed by atoms with Gasteiger partial charge >= 0.3 is 0 Å². The summed E-state index contributed by atoms with van der Waals surface area (Å²) in [6.07, 6.45) is 0. The lowest BCUT2D eigenvalue weighted by molar-refractivity contribution is 0.166. The van der Waals surface area contributed by atoms with Crippen LogP contribution in [0.25, 0.3) is 0 Å². The van der Waals surface area contributed by atoms with Gasteiger partial charge in [0.15, 0.2) is 9.84 Å². The summed E-state index contributed by atoms with van der Waals surface area (Å²) in [5.74, 6) is -0.894. The Labute approximate surface area is 129 Å². The summed E-state index contributed by atoms with van der Waals surface area (Å²) in [6.45, 7) is 1.68. The first kappa shape index (κ1) is 16.3. The van der Waals surface area contributed by atoms with Crippen molar-refractivity contribution < 1.29 is 17.5 Å². The fourth-order valence-electron chi connectivity index (χ4n) is 3.06. The van der Waals surface area contributed by atoms with Crippen molar-refractivity contribution in [3.05, 3.63) is 35.6 Å². The quantitative estimate of drug-likeness (QED) is 0.803. The van der Waals surface area contributed by atoms with Crippen LogP contribution in [0, 0.1) is 11.2 Å². The van der Waals surface area contributed by atoms with E-state index in [0.29, 0.717) is 5.56 Å². The van der Waals surface area contributed by atoms with Gasteiger partial charge in [-0.3, -0.25) is 0 Å². The Bertz CT molecular complexity index is 662. The van der Waals surface area contributed by atoms with Crippen LogP contribution in [0.4, 0.5) is 4.39 Å². The maximum absolute atomic E-state index is 13.5. The SMILES string of the molecule is CCS(=O)(=O)[C@@H]1[C@H](c2cccc(F)c2)[C@@]1(COC)C(N)=S. The van der Waals surface area contributed by atoms with Crippen LogP contribution in [-0.4, -0.2) is 38.1 Å². The molecule has 0 spiro atoms. The number of rotatable bonds is 6. The molecule has 0 unspecified atom stereocenters. The Morgan fingerprint density at radius 2 is 2.19 bits per heavy atom. The summed E-state index contributed by atoms with van der Waals surface area (Å²) >= 11 is 5.10. The first-order valence-electron chi connectivity index (χ1n) is 6.57. The second-order valence-electron chi connectivity index (χ2n) is 5.24. The third kappa shape index (κ3) is 2.58. The molecule has 1 aromatic rings. The van der Waals surface area contributed by atoms with Gasteiger partial charge in [0, 0.05) is 18.8 Å². The zero-order chi connectivity index (χ0) is 15.8. The van der Waals surface area contributed by atoms with E-state index in [1.54, 1.807) is 19.1 Å². The van der Waals surface area contributed by atoms with E-state index in [0.717, 1.165) is 0 Å². The lowest BCUT2D eigenvalue weighted by atomic mass is 10.00. The Balaban J connectivity index is 2.54. The van der Waals surface area contributed by atoms with Gasteiger partial charge in [-0.1, -0.05) is 31.3 Å². The molecule has 7 heteroatoms. The van der Waals surface area contributed by atoms with Gasteiger partial charge in [-0.25, -0.2) is 12.8 Å². The van der Waals surface area contributed by atoms with Crippen LogP contribution >= 0.6 is 12.2 Å². The van der Waals surface area contributed by atoms with Gasteiger partial charge in [-0.2, -0.15) is 0 Å². The highest BCUT2D eigenvalue weighted by Gasteiger charge is 2.72. The standard InChI is InChI=1S/C14H18FNO3S2/c1-3-21(17,18)12-11(9-5-4-6-10(15)7-9)14(12,8-19-2)13(16)20/h4-7,11-12H,3,8H2,1-2H3,(H2,16,20)/t11-,12+,14+/m0/s1. The molecule has 1 aromatic carbocycles. The van der Waals surface area contributed by atoms with Gasteiger partial charge in [0.25, 0.3) is 0 Å². The van der Waals surface area contributed by atoms with Crippen molar-refractivity contribution in [1.82, 2.24) is 0 Å². The summed E-state index contributed by atoms with van der Waals surface area (Å²) in [5, 5.41) is -0.755. The van der Waals surface area contributed by atoms with Gasteiger partial charge in [0.1, 0.15) is 5.82 Å². The molecule has 116 valence electrons. The predicted molar refractivity (Wildman–Crippen MR) is 83.5 cm³/mol. The molecule has 21 heavy (non-hydrogen) atoms. The molecule has 1 fully saturated rings. The van der Waals surface area contributed by atoms with E-state index >= 15 is 0 Å². The zero-order valence-corrected chi connectivity index (χ0v) is 13.5. The number of methoxy groups -OCH3 is 1. The number of thiocarbonyl (C=S) groups is 1. The van der Waals surface area contributed by atoms with E-state index in [9.17, 15) is 12.8 Å². The minimum Gasteiger partial charge on any atom is -0.393 e. The van der Waals surface area contributed by atoms with Crippen molar-refractivity contribution in [2.75, 3.05) is 19.5 Å². The van der Waals surface area contributed by atoms with E-state index in [1.165, 1.54) is 19.2 Å². The van der Waals surface area contributed by atoms with Gasteiger partial charge < -0.3 is 10.5 Å². The molecular formula is C14H18FNO3S2. The molecule has 2 rings (SSSR count). The normalized spacial score (nSPS) is 28.3. The number of benzene rings is 1. The van der Waals surface area contributed by atoms with Gasteiger partial charge in [-0.15, -0.1) is 0 Å². The smallest absolute Gasteiger partial charge is 0.154 e. The number of ether oxygens (including phenoxy) is 1. The predicted octanol–water partition coefficient (Wildman–Crippen LogP) is 1.65. The Morgan fingerprint density at radius 3 is 2.67 bits per heavy atom. The minimum absolute atomic E-state index is 0.0163. The minimum atomic E-state index is -3.38. The largest absolute Gasteiger partial charge is 0.393 e. The van der Waals surface area contributed by atoms with Crippen LogP contribution in [0.15, 0.2) is 24.3 Å². The van der Waals surface area contributed by atoms with Crippen molar-refractivity contribution in [3.63, 3.8) is 0 Å². The second kappa shape index (κ2) is 5.62. The second-order valence-corrected chi connectivity index (χ2v) is 8.09. The van der Waals surface area contributed by atoms with Crippen molar-refractivity contribution in [2.45, 2.75) is 18.1 Å². The highest BCUT2D eigenvalue weighted by molar-refractivity contribution is 7.92. The molecule has 0 aliphatic heterocycles. The number of hydrogen-bond acceptors (Lipinski definition) is 4. The molecule has 2 N–H and O–H groups in total. The highest BCUT2D eigenvalue weighted by Crippen LogP contribution is 2.63. The van der Waals surface area contributed by atoms with Crippen LogP contribution in [0.5, 0.6) is 0 Å². The average molecular weight is 331 g/mol. The summed E-state index contributed by atoms with van der Waals surface area (Å²) in [6, 6.07) is 5.89. The van der Waals surface area contributed by atoms with E-state index in [4.69, 9.17) is 22.7 Å². The van der Waals surface area contributed by atoms with Gasteiger partial charge in [-0.05, 0) is 17.7 Å². The van der Waals surface area contributed by atoms with Crippen LogP contribution in [0.2, 0.25) is 0 Å². The monoisotopic (exact) mass is 331 g/mol. The molecule has 1 aliphatic rings. The molecule has 4 nitrogen and oxygen atoms in total. The van der Waals surface area contributed by atoms with Crippen molar-refractivity contribution >= 4 is 27.0 Å². The molecule has 0 bridgehead atoms. The van der Waals surface area contributed by atoms with E-state index in [2.05, 4.69) is 0 Å². The number of sulfone groups is 1. The summed E-state index contributed by atoms with van der Waals surface area (Å²) in [4.78, 5) is 0.0978. The van der Waals surface area contributed by atoms with Crippen LogP contribution in [0.3, 0.4) is 0 Å².